The third-order valence-electron chi connectivity index (χ3n) is 1.93. The lowest BCUT2D eigenvalue weighted by atomic mass is 10.2. The average molecular weight is 243 g/mol. The maximum absolute atomic E-state index is 11.4. The summed E-state index contributed by atoms with van der Waals surface area (Å²) in [5.41, 5.74) is 0.151. The lowest BCUT2D eigenvalue weighted by Crippen LogP contribution is -2.17. The molecule has 5 nitrogen and oxygen atoms in total. The van der Waals surface area contributed by atoms with Gasteiger partial charge in [0.05, 0.1) is 4.92 Å². The Hall–Kier alpha value is -1.62. The van der Waals surface area contributed by atoms with Gasteiger partial charge in [-0.3, -0.25) is 14.9 Å². The summed E-state index contributed by atoms with van der Waals surface area (Å²) in [5, 5.41) is 13.2. The second-order valence-electron chi connectivity index (χ2n) is 3.57. The Morgan fingerprint density at radius 2 is 2.12 bits per heavy atom. The number of hydrogen-bond acceptors (Lipinski definition) is 3. The highest BCUT2D eigenvalue weighted by atomic mass is 35.5. The largest absolute Gasteiger partial charge is 0.326 e. The van der Waals surface area contributed by atoms with Crippen molar-refractivity contribution in [2.24, 2.45) is 5.92 Å². The van der Waals surface area contributed by atoms with Gasteiger partial charge in [-0.2, -0.15) is 0 Å². The zero-order valence-electron chi connectivity index (χ0n) is 8.86. The minimum absolute atomic E-state index is 0.0487. The number of nitrogens with one attached hydrogen (secondary N) is 1. The molecule has 1 aromatic rings. The standard InChI is InChI=1S/C10H11ClN2O3/c1-6(2)10(14)12-7-3-4-8(11)9(5-7)13(15)16/h3-6H,1-2H3,(H,12,14). The molecular weight excluding hydrogens is 232 g/mol. The Kier molecular flexibility index (Phi) is 3.84. The molecule has 0 aliphatic heterocycles. The van der Waals surface area contributed by atoms with E-state index >= 15 is 0 Å². The SMILES string of the molecule is CC(C)C(=O)Nc1ccc(Cl)c([N+](=O)[O-])c1. The highest BCUT2D eigenvalue weighted by Gasteiger charge is 2.14. The molecule has 16 heavy (non-hydrogen) atoms. The predicted octanol–water partition coefficient (Wildman–Crippen LogP) is 2.84. The van der Waals surface area contributed by atoms with Crippen LogP contribution in [0.15, 0.2) is 18.2 Å². The number of halogens is 1. The summed E-state index contributed by atoms with van der Waals surface area (Å²) in [5.74, 6) is -0.383. The van der Waals surface area contributed by atoms with Crippen LogP contribution in [-0.4, -0.2) is 10.8 Å². The molecule has 0 atom stereocenters. The summed E-state index contributed by atoms with van der Waals surface area (Å²) in [7, 11) is 0. The first kappa shape index (κ1) is 12.4. The summed E-state index contributed by atoms with van der Waals surface area (Å²) >= 11 is 5.64. The summed E-state index contributed by atoms with van der Waals surface area (Å²) in [4.78, 5) is 21.4. The van der Waals surface area contributed by atoms with Gasteiger partial charge in [0.15, 0.2) is 0 Å². The van der Waals surface area contributed by atoms with E-state index in [0.29, 0.717) is 5.69 Å². The van der Waals surface area contributed by atoms with Crippen molar-refractivity contribution < 1.29 is 9.72 Å². The molecule has 0 aliphatic rings. The summed E-state index contributed by atoms with van der Waals surface area (Å²) < 4.78 is 0. The first-order chi connectivity index (χ1) is 7.41. The van der Waals surface area contributed by atoms with E-state index < -0.39 is 4.92 Å². The zero-order chi connectivity index (χ0) is 12.3. The van der Waals surface area contributed by atoms with Crippen molar-refractivity contribution in [3.63, 3.8) is 0 Å². The number of nitro groups is 1. The molecular formula is C10H11ClN2O3. The molecule has 1 rings (SSSR count). The Bertz CT molecular complexity index is 432. The van der Waals surface area contributed by atoms with Crippen LogP contribution in [0.3, 0.4) is 0 Å². The number of anilines is 1. The third kappa shape index (κ3) is 2.93. The van der Waals surface area contributed by atoms with Gasteiger partial charge in [-0.1, -0.05) is 25.4 Å². The quantitative estimate of drug-likeness (QED) is 0.654. The molecule has 0 spiro atoms. The van der Waals surface area contributed by atoms with Crippen LogP contribution in [0, 0.1) is 16.0 Å². The smallest absolute Gasteiger partial charge is 0.289 e. The Balaban J connectivity index is 2.95. The molecule has 0 aromatic heterocycles. The topological polar surface area (TPSA) is 72.2 Å². The van der Waals surface area contributed by atoms with E-state index in [9.17, 15) is 14.9 Å². The highest BCUT2D eigenvalue weighted by molar-refractivity contribution is 6.32. The van der Waals surface area contributed by atoms with Crippen LogP contribution in [0.2, 0.25) is 5.02 Å². The molecule has 0 heterocycles. The van der Waals surface area contributed by atoms with Crippen LogP contribution < -0.4 is 5.32 Å². The highest BCUT2D eigenvalue weighted by Crippen LogP contribution is 2.27. The predicted molar refractivity (Wildman–Crippen MR) is 61.6 cm³/mol. The van der Waals surface area contributed by atoms with Gasteiger partial charge in [-0.05, 0) is 12.1 Å². The summed E-state index contributed by atoms with van der Waals surface area (Å²) in [6.45, 7) is 3.47. The maximum atomic E-state index is 11.4. The zero-order valence-corrected chi connectivity index (χ0v) is 9.62. The molecule has 0 aliphatic carbocycles. The first-order valence-corrected chi connectivity index (χ1v) is 5.04. The van der Waals surface area contributed by atoms with E-state index in [0.717, 1.165) is 0 Å². The number of benzene rings is 1. The van der Waals surface area contributed by atoms with Gasteiger partial charge in [0.2, 0.25) is 5.91 Å². The van der Waals surface area contributed by atoms with Crippen molar-refractivity contribution in [2.75, 3.05) is 5.32 Å². The number of carbonyl (C=O) groups excluding carboxylic acids is 1. The molecule has 0 bridgehead atoms. The lowest BCUT2D eigenvalue weighted by Gasteiger charge is -2.07. The Morgan fingerprint density at radius 1 is 1.50 bits per heavy atom. The lowest BCUT2D eigenvalue weighted by molar-refractivity contribution is -0.384. The van der Waals surface area contributed by atoms with E-state index in [1.165, 1.54) is 18.2 Å². The average Bonchev–Trinajstić information content (AvgIpc) is 2.20. The summed E-state index contributed by atoms with van der Waals surface area (Å²) in [6, 6.07) is 4.15. The van der Waals surface area contributed by atoms with Crippen LogP contribution in [-0.2, 0) is 4.79 Å². The second-order valence-corrected chi connectivity index (χ2v) is 3.97. The number of hydrogen-bond donors (Lipinski definition) is 1. The van der Waals surface area contributed by atoms with E-state index in [1.54, 1.807) is 13.8 Å². The number of nitrogens with zero attached hydrogens (tertiary/aromatic N) is 1. The van der Waals surface area contributed by atoms with Crippen LogP contribution >= 0.6 is 11.6 Å². The van der Waals surface area contributed by atoms with Gasteiger partial charge >= 0.3 is 0 Å². The number of rotatable bonds is 3. The molecule has 6 heteroatoms. The van der Waals surface area contributed by atoms with Crippen LogP contribution in [0.1, 0.15) is 13.8 Å². The van der Waals surface area contributed by atoms with E-state index in [4.69, 9.17) is 11.6 Å². The normalized spacial score (nSPS) is 10.2. The van der Waals surface area contributed by atoms with Crippen molar-refractivity contribution in [3.8, 4) is 0 Å². The van der Waals surface area contributed by atoms with Crippen molar-refractivity contribution in [3.05, 3.63) is 33.3 Å². The first-order valence-electron chi connectivity index (χ1n) is 4.66. The van der Waals surface area contributed by atoms with Gasteiger partial charge in [0.1, 0.15) is 5.02 Å². The minimum Gasteiger partial charge on any atom is -0.326 e. The fourth-order valence-corrected chi connectivity index (χ4v) is 1.20. The number of amides is 1. The molecule has 1 N–H and O–H groups in total. The molecule has 0 unspecified atom stereocenters. The van der Waals surface area contributed by atoms with Crippen molar-refractivity contribution in [1.29, 1.82) is 0 Å². The number of nitro benzene ring substituents is 1. The van der Waals surface area contributed by atoms with E-state index in [-0.39, 0.29) is 22.5 Å². The van der Waals surface area contributed by atoms with Gasteiger partial charge in [0.25, 0.3) is 5.69 Å². The minimum atomic E-state index is -0.590. The monoisotopic (exact) mass is 242 g/mol. The van der Waals surface area contributed by atoms with Crippen LogP contribution in [0.25, 0.3) is 0 Å². The molecule has 0 fully saturated rings. The van der Waals surface area contributed by atoms with E-state index in [1.807, 2.05) is 0 Å². The van der Waals surface area contributed by atoms with Gasteiger partial charge in [-0.25, -0.2) is 0 Å². The molecule has 0 saturated heterocycles. The Morgan fingerprint density at radius 3 is 2.62 bits per heavy atom. The number of carbonyl (C=O) groups is 1. The van der Waals surface area contributed by atoms with Gasteiger partial charge < -0.3 is 5.32 Å². The van der Waals surface area contributed by atoms with Crippen molar-refractivity contribution >= 4 is 28.9 Å². The molecule has 86 valence electrons. The summed E-state index contributed by atoms with van der Waals surface area (Å²) in [6.07, 6.45) is 0. The molecule has 1 amide bonds. The van der Waals surface area contributed by atoms with Crippen LogP contribution in [0.5, 0.6) is 0 Å². The molecule has 1 aromatic carbocycles. The second kappa shape index (κ2) is 4.94. The molecule has 0 radical (unpaired) electrons. The van der Waals surface area contributed by atoms with Crippen LogP contribution in [0.4, 0.5) is 11.4 Å². The molecule has 0 saturated carbocycles. The third-order valence-corrected chi connectivity index (χ3v) is 2.25. The van der Waals surface area contributed by atoms with Gasteiger partial charge in [0, 0.05) is 17.7 Å². The fourth-order valence-electron chi connectivity index (χ4n) is 1.02. The maximum Gasteiger partial charge on any atom is 0.289 e. The Labute approximate surface area is 97.6 Å². The van der Waals surface area contributed by atoms with Crippen molar-refractivity contribution in [1.82, 2.24) is 0 Å². The van der Waals surface area contributed by atoms with E-state index in [2.05, 4.69) is 5.32 Å². The fraction of sp³-hybridized carbons (Fsp3) is 0.300. The van der Waals surface area contributed by atoms with Gasteiger partial charge in [-0.15, -0.1) is 0 Å². The van der Waals surface area contributed by atoms with Crippen molar-refractivity contribution in [2.45, 2.75) is 13.8 Å².